The van der Waals surface area contributed by atoms with Crippen LogP contribution in [0.4, 0.5) is 11.4 Å². The van der Waals surface area contributed by atoms with E-state index < -0.39 is 0 Å². The Bertz CT molecular complexity index is 813. The zero-order valence-corrected chi connectivity index (χ0v) is 14.6. The number of benzene rings is 2. The SMILES string of the molecule is Cc1cc(N2CCOCCc3cc(C4CC4)ccc32)cc2c1OCO2. The Balaban J connectivity index is 1.58. The minimum atomic E-state index is 0.310. The lowest BCUT2D eigenvalue weighted by Gasteiger charge is -2.30. The van der Waals surface area contributed by atoms with Crippen molar-refractivity contribution in [2.75, 3.05) is 31.5 Å². The Labute approximate surface area is 148 Å². The van der Waals surface area contributed by atoms with Gasteiger partial charge in [0.1, 0.15) is 0 Å². The molecule has 0 N–H and O–H groups in total. The number of hydrogen-bond donors (Lipinski definition) is 0. The smallest absolute Gasteiger partial charge is 0.231 e. The molecular weight excluding hydrogens is 314 g/mol. The van der Waals surface area contributed by atoms with Gasteiger partial charge in [0.2, 0.25) is 6.79 Å². The van der Waals surface area contributed by atoms with E-state index in [-0.39, 0.29) is 0 Å². The van der Waals surface area contributed by atoms with Crippen LogP contribution in [-0.2, 0) is 11.2 Å². The van der Waals surface area contributed by atoms with Crippen molar-refractivity contribution in [3.05, 3.63) is 47.0 Å². The highest BCUT2D eigenvalue weighted by molar-refractivity contribution is 5.71. The van der Waals surface area contributed by atoms with Crippen LogP contribution < -0.4 is 14.4 Å². The average molecular weight is 337 g/mol. The van der Waals surface area contributed by atoms with Crippen molar-refractivity contribution in [2.45, 2.75) is 32.1 Å². The molecule has 0 spiro atoms. The summed E-state index contributed by atoms with van der Waals surface area (Å²) in [6.45, 7) is 4.76. The van der Waals surface area contributed by atoms with Crippen molar-refractivity contribution in [1.29, 1.82) is 0 Å². The molecule has 1 saturated carbocycles. The normalized spacial score (nSPS) is 19.3. The van der Waals surface area contributed by atoms with E-state index >= 15 is 0 Å². The maximum absolute atomic E-state index is 5.82. The van der Waals surface area contributed by atoms with Gasteiger partial charge in [-0.2, -0.15) is 0 Å². The van der Waals surface area contributed by atoms with Crippen molar-refractivity contribution in [3.63, 3.8) is 0 Å². The molecule has 1 fully saturated rings. The third-order valence-corrected chi connectivity index (χ3v) is 5.37. The molecule has 0 saturated heterocycles. The lowest BCUT2D eigenvalue weighted by molar-refractivity contribution is 0.142. The van der Waals surface area contributed by atoms with Crippen molar-refractivity contribution in [1.82, 2.24) is 0 Å². The second-order valence-electron chi connectivity index (χ2n) is 7.17. The third-order valence-electron chi connectivity index (χ3n) is 5.37. The number of nitrogens with zero attached hydrogens (tertiary/aromatic N) is 1. The van der Waals surface area contributed by atoms with Gasteiger partial charge >= 0.3 is 0 Å². The number of rotatable bonds is 2. The Morgan fingerprint density at radius 1 is 1.04 bits per heavy atom. The molecule has 3 aliphatic rings. The van der Waals surface area contributed by atoms with Crippen LogP contribution in [0.25, 0.3) is 0 Å². The fourth-order valence-electron chi connectivity index (χ4n) is 3.89. The van der Waals surface area contributed by atoms with Crippen LogP contribution in [0, 0.1) is 6.92 Å². The van der Waals surface area contributed by atoms with Crippen molar-refractivity contribution >= 4 is 11.4 Å². The quantitative estimate of drug-likeness (QED) is 0.817. The number of aryl methyl sites for hydroxylation is 1. The highest BCUT2D eigenvalue weighted by Gasteiger charge is 2.26. The Morgan fingerprint density at radius 2 is 1.96 bits per heavy atom. The van der Waals surface area contributed by atoms with E-state index in [4.69, 9.17) is 14.2 Å². The fraction of sp³-hybridized carbons (Fsp3) is 0.429. The van der Waals surface area contributed by atoms with Gasteiger partial charge in [-0.15, -0.1) is 0 Å². The van der Waals surface area contributed by atoms with Crippen molar-refractivity contribution in [2.24, 2.45) is 0 Å². The van der Waals surface area contributed by atoms with Crippen LogP contribution >= 0.6 is 0 Å². The monoisotopic (exact) mass is 337 g/mol. The van der Waals surface area contributed by atoms with Crippen LogP contribution in [0.15, 0.2) is 30.3 Å². The first kappa shape index (κ1) is 15.1. The molecule has 0 atom stereocenters. The predicted molar refractivity (Wildman–Crippen MR) is 97.2 cm³/mol. The van der Waals surface area contributed by atoms with Gasteiger partial charge in [-0.25, -0.2) is 0 Å². The second kappa shape index (κ2) is 5.95. The first-order valence-electron chi connectivity index (χ1n) is 9.18. The molecule has 0 radical (unpaired) electrons. The molecule has 2 aliphatic heterocycles. The zero-order chi connectivity index (χ0) is 16.8. The second-order valence-corrected chi connectivity index (χ2v) is 7.17. The van der Waals surface area contributed by atoms with Crippen LogP contribution in [0.1, 0.15) is 35.4 Å². The molecule has 2 heterocycles. The summed E-state index contributed by atoms with van der Waals surface area (Å²) < 4.78 is 17.0. The summed E-state index contributed by atoms with van der Waals surface area (Å²) in [5.41, 5.74) is 6.43. The lowest BCUT2D eigenvalue weighted by atomic mass is 10.0. The zero-order valence-electron chi connectivity index (χ0n) is 14.6. The maximum Gasteiger partial charge on any atom is 0.231 e. The van der Waals surface area contributed by atoms with Gasteiger partial charge in [0, 0.05) is 24.0 Å². The molecule has 4 nitrogen and oxygen atoms in total. The van der Waals surface area contributed by atoms with Crippen LogP contribution in [0.5, 0.6) is 11.5 Å². The molecule has 130 valence electrons. The first-order valence-corrected chi connectivity index (χ1v) is 9.18. The number of hydrogen-bond acceptors (Lipinski definition) is 4. The molecule has 0 bridgehead atoms. The van der Waals surface area contributed by atoms with E-state index in [2.05, 4.69) is 42.2 Å². The molecule has 0 aromatic heterocycles. The third kappa shape index (κ3) is 2.74. The molecule has 1 aliphatic carbocycles. The van der Waals surface area contributed by atoms with E-state index in [9.17, 15) is 0 Å². The number of fused-ring (bicyclic) bond motifs is 2. The summed E-state index contributed by atoms with van der Waals surface area (Å²) in [6, 6.07) is 11.3. The van der Waals surface area contributed by atoms with E-state index in [1.165, 1.54) is 29.7 Å². The topological polar surface area (TPSA) is 30.9 Å². The summed E-state index contributed by atoms with van der Waals surface area (Å²) in [6.07, 6.45) is 3.64. The van der Waals surface area contributed by atoms with E-state index in [0.717, 1.165) is 54.8 Å². The highest BCUT2D eigenvalue weighted by atomic mass is 16.7. The van der Waals surface area contributed by atoms with Crippen LogP contribution in [0.3, 0.4) is 0 Å². The predicted octanol–water partition coefficient (Wildman–Crippen LogP) is 4.31. The van der Waals surface area contributed by atoms with Gasteiger partial charge in [-0.05, 0) is 60.9 Å². The molecule has 4 heteroatoms. The molecule has 5 rings (SSSR count). The van der Waals surface area contributed by atoms with Crippen LogP contribution in [0.2, 0.25) is 0 Å². The van der Waals surface area contributed by atoms with Crippen molar-refractivity contribution in [3.8, 4) is 11.5 Å². The summed E-state index contributed by atoms with van der Waals surface area (Å²) in [5.74, 6) is 2.49. The Hall–Kier alpha value is -2.20. The molecule has 0 unspecified atom stereocenters. The van der Waals surface area contributed by atoms with Gasteiger partial charge in [0.05, 0.1) is 13.2 Å². The van der Waals surface area contributed by atoms with Crippen molar-refractivity contribution < 1.29 is 14.2 Å². The van der Waals surface area contributed by atoms with Gasteiger partial charge in [-0.1, -0.05) is 12.1 Å². The van der Waals surface area contributed by atoms with E-state index in [0.29, 0.717) is 6.79 Å². The Kier molecular flexibility index (Phi) is 3.59. The summed E-state index contributed by atoms with van der Waals surface area (Å²) in [7, 11) is 0. The van der Waals surface area contributed by atoms with Gasteiger partial charge < -0.3 is 19.1 Å². The minimum Gasteiger partial charge on any atom is -0.454 e. The molecule has 2 aromatic rings. The summed E-state index contributed by atoms with van der Waals surface area (Å²) in [5, 5.41) is 0. The van der Waals surface area contributed by atoms with E-state index in [1.807, 2.05) is 0 Å². The molecule has 2 aromatic carbocycles. The molecular formula is C21H23NO3. The van der Waals surface area contributed by atoms with Gasteiger partial charge in [0.15, 0.2) is 11.5 Å². The largest absolute Gasteiger partial charge is 0.454 e. The van der Waals surface area contributed by atoms with E-state index in [1.54, 1.807) is 0 Å². The van der Waals surface area contributed by atoms with Crippen LogP contribution in [-0.4, -0.2) is 26.6 Å². The van der Waals surface area contributed by atoms with Gasteiger partial charge in [-0.3, -0.25) is 0 Å². The van der Waals surface area contributed by atoms with Gasteiger partial charge in [0.25, 0.3) is 0 Å². The highest BCUT2D eigenvalue weighted by Crippen LogP contribution is 2.44. The summed E-state index contributed by atoms with van der Waals surface area (Å²) in [4.78, 5) is 2.36. The molecule has 25 heavy (non-hydrogen) atoms. The Morgan fingerprint density at radius 3 is 2.84 bits per heavy atom. The number of ether oxygens (including phenoxy) is 3. The average Bonchev–Trinajstić information content (AvgIpc) is 3.33. The number of anilines is 2. The first-order chi connectivity index (χ1) is 12.3. The maximum atomic E-state index is 5.82. The minimum absolute atomic E-state index is 0.310. The summed E-state index contributed by atoms with van der Waals surface area (Å²) >= 11 is 0. The lowest BCUT2D eigenvalue weighted by Crippen LogP contribution is -2.26. The molecule has 0 amide bonds. The fourth-order valence-corrected chi connectivity index (χ4v) is 3.89. The standard InChI is InChI=1S/C21H23NO3/c1-14-10-18(12-20-21(14)25-13-24-20)22-7-9-23-8-6-17-11-16(15-2-3-15)4-5-19(17)22/h4-5,10-12,15H,2-3,6-9,13H2,1H3.